The summed E-state index contributed by atoms with van der Waals surface area (Å²) in [6, 6.07) is 0. The third-order valence-electron chi connectivity index (χ3n) is 8.88. The molecule has 2 atom stereocenters. The lowest BCUT2D eigenvalue weighted by Crippen LogP contribution is -2.27. The van der Waals surface area contributed by atoms with Gasteiger partial charge in [-0.25, -0.2) is 4.57 Å². The van der Waals surface area contributed by atoms with Crippen LogP contribution in [0.25, 0.3) is 0 Å². The molecule has 3 N–H and O–H groups in total. The number of esters is 1. The van der Waals surface area contributed by atoms with Gasteiger partial charge >= 0.3 is 13.8 Å². The van der Waals surface area contributed by atoms with E-state index in [2.05, 4.69) is 141 Å². The number of carbonyl (C=O) groups excluding carboxylic acids is 2. The number of rotatable bonds is 41. The van der Waals surface area contributed by atoms with Crippen LogP contribution in [0, 0.1) is 0 Å². The Morgan fingerprint density at radius 1 is 0.525 bits per heavy atom. The first-order chi connectivity index (χ1) is 29.8. The quantitative estimate of drug-likeness (QED) is 0.0240. The molecule has 10 heteroatoms. The van der Waals surface area contributed by atoms with E-state index < -0.39 is 26.5 Å². The second-order valence-electron chi connectivity index (χ2n) is 14.6. The lowest BCUT2D eigenvalue weighted by molar-refractivity contribution is -0.147. The van der Waals surface area contributed by atoms with Gasteiger partial charge in [0.05, 0.1) is 13.2 Å². The Morgan fingerprint density at radius 2 is 0.934 bits per heavy atom. The van der Waals surface area contributed by atoms with Crippen molar-refractivity contribution < 1.29 is 37.9 Å². The number of ether oxygens (including phenoxy) is 1. The molecule has 0 aliphatic heterocycles. The highest BCUT2D eigenvalue weighted by Crippen LogP contribution is 2.42. The van der Waals surface area contributed by atoms with E-state index in [4.69, 9.17) is 13.8 Å². The number of carbonyl (C=O) groups is 2. The predicted octanol–water partition coefficient (Wildman–Crippen LogP) is 13.3. The molecule has 0 saturated heterocycles. The number of phosphoric ester groups is 1. The topological polar surface area (TPSA) is 131 Å². The SMILES string of the molecule is CC/C=C\C/C=C\C/C=C\C/C=C\C/C=C\C/C=C\CCCCC(=O)NCCOP(=O)(O)OCC(O)COC(=O)CCCCC/C=C\C/C=C\C/C=C\C/C=C\CCCCC. The monoisotopic (exact) mass is 868 g/mol. The summed E-state index contributed by atoms with van der Waals surface area (Å²) in [5.74, 6) is -0.603. The first-order valence-electron chi connectivity index (χ1n) is 23.0. The first kappa shape index (κ1) is 57.4. The number of hydrogen-bond acceptors (Lipinski definition) is 7. The summed E-state index contributed by atoms with van der Waals surface area (Å²) in [5.41, 5.74) is 0. The highest BCUT2D eigenvalue weighted by atomic mass is 31.2. The number of allylic oxidation sites excluding steroid dienone is 20. The smallest absolute Gasteiger partial charge is 0.463 e. The van der Waals surface area contributed by atoms with Crippen molar-refractivity contribution in [3.8, 4) is 0 Å². The summed E-state index contributed by atoms with van der Waals surface area (Å²) in [5, 5.41) is 12.7. The van der Waals surface area contributed by atoms with Crippen LogP contribution in [0.5, 0.6) is 0 Å². The minimum Gasteiger partial charge on any atom is -0.463 e. The van der Waals surface area contributed by atoms with Gasteiger partial charge in [-0.3, -0.25) is 18.6 Å². The Bertz CT molecular complexity index is 1400. The van der Waals surface area contributed by atoms with Crippen molar-refractivity contribution in [3.05, 3.63) is 122 Å². The van der Waals surface area contributed by atoms with E-state index >= 15 is 0 Å². The van der Waals surface area contributed by atoms with E-state index in [1.165, 1.54) is 25.7 Å². The lowest BCUT2D eigenvalue weighted by Gasteiger charge is -2.15. The van der Waals surface area contributed by atoms with Crippen LogP contribution in [0.3, 0.4) is 0 Å². The zero-order valence-corrected chi connectivity index (χ0v) is 38.7. The van der Waals surface area contributed by atoms with Gasteiger partial charge in [0.1, 0.15) is 12.7 Å². The van der Waals surface area contributed by atoms with Crippen LogP contribution in [0.15, 0.2) is 122 Å². The zero-order valence-electron chi connectivity index (χ0n) is 37.8. The number of nitrogens with one attached hydrogen (secondary N) is 1. The standard InChI is InChI=1S/C51H82NO8P/c1-3-5-7-9-11-13-15-17-19-21-23-24-26-27-29-31-33-35-37-39-41-43-50(54)52-45-46-59-61(56,57)60-48-49(53)47-58-51(55)44-42-40-38-36-34-32-30-28-25-22-20-18-16-14-12-10-8-6-4-2/h5,7,11-14,17-20,23-25,27-29,32-35,49,53H,3-4,6,8-10,15-16,21-22,26,30-31,36-48H2,1-2H3,(H,52,54)(H,56,57)/b7-5-,13-11-,14-12-,19-17-,20-18-,24-23-,28-25-,29-27-,34-32-,35-33-. The van der Waals surface area contributed by atoms with E-state index in [1.807, 2.05) is 0 Å². The van der Waals surface area contributed by atoms with Crippen molar-refractivity contribution in [2.24, 2.45) is 0 Å². The fraction of sp³-hybridized carbons (Fsp3) is 0.569. The molecule has 0 heterocycles. The number of aliphatic hydroxyl groups excluding tert-OH is 1. The third kappa shape index (κ3) is 47.3. The van der Waals surface area contributed by atoms with Gasteiger partial charge in [0.2, 0.25) is 5.91 Å². The molecule has 2 unspecified atom stereocenters. The molecule has 0 saturated carbocycles. The summed E-state index contributed by atoms with van der Waals surface area (Å²) in [4.78, 5) is 34.0. The van der Waals surface area contributed by atoms with E-state index in [0.29, 0.717) is 12.8 Å². The molecule has 0 rings (SSSR count). The molecule has 0 aliphatic carbocycles. The van der Waals surface area contributed by atoms with Crippen LogP contribution in [-0.4, -0.2) is 54.3 Å². The van der Waals surface area contributed by atoms with E-state index in [9.17, 15) is 24.2 Å². The average molecular weight is 868 g/mol. The van der Waals surface area contributed by atoms with Gasteiger partial charge in [-0.1, -0.05) is 155 Å². The number of phosphoric acid groups is 1. The van der Waals surface area contributed by atoms with Crippen molar-refractivity contribution >= 4 is 19.7 Å². The summed E-state index contributed by atoms with van der Waals surface area (Å²) < 4.78 is 26.9. The summed E-state index contributed by atoms with van der Waals surface area (Å²) in [6.45, 7) is 3.29. The second kappa shape index (κ2) is 45.9. The van der Waals surface area contributed by atoms with Gasteiger partial charge in [-0.05, 0) is 109 Å². The molecule has 0 radical (unpaired) electrons. The second-order valence-corrected chi connectivity index (χ2v) is 16.1. The zero-order chi connectivity index (χ0) is 44.6. The Labute approximate surface area is 370 Å². The highest BCUT2D eigenvalue weighted by molar-refractivity contribution is 7.47. The Hall–Kier alpha value is -3.59. The number of unbranched alkanes of at least 4 members (excludes halogenated alkanes) is 8. The van der Waals surface area contributed by atoms with Crippen LogP contribution in [0.2, 0.25) is 0 Å². The van der Waals surface area contributed by atoms with Gasteiger partial charge in [0.15, 0.2) is 0 Å². The minimum atomic E-state index is -4.45. The Kier molecular flexibility index (Phi) is 43.2. The van der Waals surface area contributed by atoms with Gasteiger partial charge in [-0.2, -0.15) is 0 Å². The van der Waals surface area contributed by atoms with Crippen LogP contribution in [0.4, 0.5) is 0 Å². The summed E-state index contributed by atoms with van der Waals surface area (Å²) in [6.07, 6.45) is 62.7. The third-order valence-corrected chi connectivity index (χ3v) is 9.86. The highest BCUT2D eigenvalue weighted by Gasteiger charge is 2.23. The van der Waals surface area contributed by atoms with E-state index in [0.717, 1.165) is 96.3 Å². The molecule has 0 aromatic carbocycles. The fourth-order valence-electron chi connectivity index (χ4n) is 5.42. The largest absolute Gasteiger partial charge is 0.472 e. The van der Waals surface area contributed by atoms with Gasteiger partial charge in [0, 0.05) is 19.4 Å². The Morgan fingerprint density at radius 3 is 1.39 bits per heavy atom. The first-order valence-corrected chi connectivity index (χ1v) is 24.5. The molecule has 0 bridgehead atoms. The van der Waals surface area contributed by atoms with Crippen LogP contribution >= 0.6 is 7.82 Å². The molecule has 344 valence electrons. The van der Waals surface area contributed by atoms with E-state index in [1.54, 1.807) is 0 Å². The molecule has 0 aliphatic rings. The molecule has 9 nitrogen and oxygen atoms in total. The molecule has 0 aromatic heterocycles. The van der Waals surface area contributed by atoms with Crippen LogP contribution in [0.1, 0.15) is 155 Å². The molecule has 1 amide bonds. The van der Waals surface area contributed by atoms with Crippen LogP contribution < -0.4 is 5.32 Å². The van der Waals surface area contributed by atoms with Crippen molar-refractivity contribution in [2.45, 2.75) is 161 Å². The number of amides is 1. The summed E-state index contributed by atoms with van der Waals surface area (Å²) >= 11 is 0. The van der Waals surface area contributed by atoms with Gasteiger partial charge in [0.25, 0.3) is 0 Å². The van der Waals surface area contributed by atoms with Crippen molar-refractivity contribution in [2.75, 3.05) is 26.4 Å². The molecule has 61 heavy (non-hydrogen) atoms. The normalized spacial score (nSPS) is 14.4. The van der Waals surface area contributed by atoms with Gasteiger partial charge < -0.3 is 20.1 Å². The molecule has 0 aromatic rings. The number of aliphatic hydroxyl groups is 1. The van der Waals surface area contributed by atoms with Crippen molar-refractivity contribution in [3.63, 3.8) is 0 Å². The minimum absolute atomic E-state index is 0.0453. The molecule has 0 spiro atoms. The van der Waals surface area contributed by atoms with Crippen molar-refractivity contribution in [1.29, 1.82) is 0 Å². The van der Waals surface area contributed by atoms with E-state index in [-0.39, 0.29) is 32.1 Å². The summed E-state index contributed by atoms with van der Waals surface area (Å²) in [7, 11) is -4.45. The predicted molar refractivity (Wildman–Crippen MR) is 256 cm³/mol. The Balaban J connectivity index is 3.75. The number of hydrogen-bond donors (Lipinski definition) is 3. The average Bonchev–Trinajstić information content (AvgIpc) is 3.25. The van der Waals surface area contributed by atoms with Crippen LogP contribution in [-0.2, 0) is 27.9 Å². The lowest BCUT2D eigenvalue weighted by atomic mass is 10.1. The maximum Gasteiger partial charge on any atom is 0.472 e. The molecular weight excluding hydrogens is 786 g/mol. The maximum atomic E-state index is 12.1. The van der Waals surface area contributed by atoms with Crippen molar-refractivity contribution in [1.82, 2.24) is 5.32 Å². The maximum absolute atomic E-state index is 12.1. The fourth-order valence-corrected chi connectivity index (χ4v) is 6.18. The molecular formula is C51H82NO8P. The van der Waals surface area contributed by atoms with Gasteiger partial charge in [-0.15, -0.1) is 0 Å². The molecule has 0 fully saturated rings.